The first-order valence-corrected chi connectivity index (χ1v) is 6.84. The van der Waals surface area contributed by atoms with Gasteiger partial charge in [-0.05, 0) is 0 Å². The third-order valence-corrected chi connectivity index (χ3v) is 3.17. The zero-order chi connectivity index (χ0) is 19.9. The molecule has 146 valence electrons. The van der Waals surface area contributed by atoms with Crippen LogP contribution in [0, 0.1) is 0 Å². The van der Waals surface area contributed by atoms with Crippen molar-refractivity contribution in [3.8, 4) is 0 Å². The van der Waals surface area contributed by atoms with Crippen molar-refractivity contribution < 1.29 is 60.0 Å². The van der Waals surface area contributed by atoms with Crippen LogP contribution in [-0.2, 0) is 19.1 Å². The molecule has 0 unspecified atom stereocenters. The van der Waals surface area contributed by atoms with E-state index in [2.05, 4.69) is 4.74 Å². The highest BCUT2D eigenvalue weighted by Crippen LogP contribution is 2.11. The van der Waals surface area contributed by atoms with Crippen LogP contribution < -0.4 is 5.73 Å². The van der Waals surface area contributed by atoms with Crippen molar-refractivity contribution in [3.63, 3.8) is 0 Å². The molecule has 0 aliphatic rings. The third-order valence-electron chi connectivity index (χ3n) is 3.17. The molecule has 0 amide bonds. The Hall–Kier alpha value is -1.71. The number of nitrogens with two attached hydrogens (primary N) is 1. The summed E-state index contributed by atoms with van der Waals surface area (Å²) < 4.78 is 4.37. The van der Waals surface area contributed by atoms with Crippen LogP contribution in [0.15, 0.2) is 0 Å². The minimum absolute atomic E-state index is 1.05. The second kappa shape index (κ2) is 10.3. The average molecular weight is 371 g/mol. The zero-order valence-corrected chi connectivity index (χ0v) is 12.7. The van der Waals surface area contributed by atoms with Gasteiger partial charge in [-0.2, -0.15) is 0 Å². The number of aliphatic hydroxyl groups is 7. The van der Waals surface area contributed by atoms with E-state index in [1.165, 1.54) is 0 Å². The van der Waals surface area contributed by atoms with Gasteiger partial charge >= 0.3 is 11.9 Å². The number of aliphatic hydroxyl groups excluding tert-OH is 7. The predicted octanol–water partition coefficient (Wildman–Crippen LogP) is -6.33. The van der Waals surface area contributed by atoms with Crippen molar-refractivity contribution in [3.05, 3.63) is 0 Å². The van der Waals surface area contributed by atoms with Crippen LogP contribution in [0.3, 0.4) is 0 Å². The molecule has 0 saturated carbocycles. The minimum atomic E-state index is -2.53. The van der Waals surface area contributed by atoms with Crippen LogP contribution >= 0.6 is 0 Å². The van der Waals surface area contributed by atoms with E-state index in [1.54, 1.807) is 0 Å². The van der Waals surface area contributed by atoms with E-state index < -0.39 is 73.6 Å². The Morgan fingerprint density at radius 3 is 1.72 bits per heavy atom. The fourth-order valence-corrected chi connectivity index (χ4v) is 1.60. The van der Waals surface area contributed by atoms with Crippen molar-refractivity contribution in [1.82, 2.24) is 0 Å². The largest absolute Gasteiger partial charge is 0.480 e. The van der Waals surface area contributed by atoms with Crippen molar-refractivity contribution in [2.24, 2.45) is 5.73 Å². The highest BCUT2D eigenvalue weighted by Gasteiger charge is 2.41. The second-order valence-corrected chi connectivity index (χ2v) is 5.02. The molecule has 0 aromatic carbocycles. The summed E-state index contributed by atoms with van der Waals surface area (Å²) >= 11 is 0. The van der Waals surface area contributed by atoms with E-state index in [9.17, 15) is 34.8 Å². The second-order valence-electron chi connectivity index (χ2n) is 5.02. The highest BCUT2D eigenvalue weighted by molar-refractivity contribution is 6.35. The molecule has 0 saturated heterocycles. The van der Waals surface area contributed by atoms with Gasteiger partial charge in [0.25, 0.3) is 5.78 Å². The van der Waals surface area contributed by atoms with Crippen molar-refractivity contribution in [2.45, 2.75) is 42.7 Å². The third kappa shape index (κ3) is 6.26. The van der Waals surface area contributed by atoms with E-state index >= 15 is 0 Å². The lowest BCUT2D eigenvalue weighted by Gasteiger charge is -2.28. The Morgan fingerprint density at radius 1 is 0.880 bits per heavy atom. The van der Waals surface area contributed by atoms with Gasteiger partial charge in [0.1, 0.15) is 30.5 Å². The lowest BCUT2D eigenvalue weighted by Crippen LogP contribution is -2.56. The summed E-state index contributed by atoms with van der Waals surface area (Å²) in [5.41, 5.74) is 5.18. The van der Waals surface area contributed by atoms with Crippen LogP contribution in [0.1, 0.15) is 0 Å². The molecule has 25 heavy (non-hydrogen) atoms. The van der Waals surface area contributed by atoms with Crippen LogP contribution in [0.4, 0.5) is 0 Å². The molecule has 0 aliphatic carbocycles. The number of hydrogen-bond acceptors (Lipinski definition) is 12. The maximum Gasteiger partial charge on any atom is 0.377 e. The number of Topliss-reactive ketones (excluding diaryl/α,β-unsaturated/α-hetero) is 1. The molecule has 13 nitrogen and oxygen atoms in total. The number of ketones is 1. The molecule has 0 aromatic heterocycles. The van der Waals surface area contributed by atoms with Gasteiger partial charge in [0, 0.05) is 0 Å². The molecular formula is C12H21NO12. The Labute approximate surface area is 140 Å². The van der Waals surface area contributed by atoms with Crippen LogP contribution in [0.5, 0.6) is 0 Å². The van der Waals surface area contributed by atoms with Gasteiger partial charge in [-0.3, -0.25) is 9.59 Å². The molecule has 0 rings (SSSR count). The quantitative estimate of drug-likeness (QED) is 0.121. The summed E-state index contributed by atoms with van der Waals surface area (Å²) in [5.74, 6) is -5.57. The first-order chi connectivity index (χ1) is 11.5. The van der Waals surface area contributed by atoms with Crippen molar-refractivity contribution >= 4 is 17.7 Å². The van der Waals surface area contributed by atoms with Gasteiger partial charge in [0.15, 0.2) is 12.2 Å². The topological polar surface area (TPSA) is 248 Å². The lowest BCUT2D eigenvalue weighted by atomic mass is 10.0. The van der Waals surface area contributed by atoms with Gasteiger partial charge in [-0.25, -0.2) is 4.79 Å². The summed E-state index contributed by atoms with van der Waals surface area (Å²) in [6, 6.07) is -2.11. The fraction of sp³-hybridized carbons (Fsp3) is 0.750. The molecule has 0 heterocycles. The first-order valence-electron chi connectivity index (χ1n) is 6.84. The molecule has 0 bridgehead atoms. The number of esters is 1. The van der Waals surface area contributed by atoms with Gasteiger partial charge in [-0.15, -0.1) is 0 Å². The SMILES string of the molecule is N[C@@H](C(=O)O)[C@@H](OC(=O)C(=O)[C@@H](O)[C@H](O)[C@@H](O)CO)[C@H](O)[C@H](O)CO. The number of carboxylic acids is 1. The molecule has 10 N–H and O–H groups in total. The number of ether oxygens (including phenoxy) is 1. The van der Waals surface area contributed by atoms with Crippen LogP contribution in [-0.4, -0.2) is 114 Å². The van der Waals surface area contributed by atoms with Crippen molar-refractivity contribution in [2.75, 3.05) is 13.2 Å². The van der Waals surface area contributed by atoms with E-state index in [0.717, 1.165) is 0 Å². The predicted molar refractivity (Wildman–Crippen MR) is 74.7 cm³/mol. The maximum absolute atomic E-state index is 11.7. The molecular weight excluding hydrogens is 350 g/mol. The molecule has 0 aliphatic heterocycles. The number of carboxylic acid groups (broad SMARTS) is 1. The molecule has 13 heteroatoms. The van der Waals surface area contributed by atoms with E-state index in [1.807, 2.05) is 0 Å². The van der Waals surface area contributed by atoms with E-state index in [4.69, 9.17) is 26.2 Å². The first kappa shape index (κ1) is 23.3. The molecule has 0 fully saturated rings. The monoisotopic (exact) mass is 371 g/mol. The summed E-state index contributed by atoms with van der Waals surface area (Å²) in [4.78, 5) is 34.2. The number of carbonyl (C=O) groups excluding carboxylic acids is 2. The Morgan fingerprint density at radius 2 is 1.32 bits per heavy atom. The average Bonchev–Trinajstić information content (AvgIpc) is 2.60. The Bertz CT molecular complexity index is 471. The van der Waals surface area contributed by atoms with Crippen LogP contribution in [0.2, 0.25) is 0 Å². The standard InChI is InChI=1S/C12H21NO12/c13-5(11(22)23)10(7(19)4(17)2-15)25-12(24)9(21)8(20)6(18)3(16)1-14/h3-8,10,14-20H,1-2,13H2,(H,22,23)/t3-,4+,5+,6+,7+,8-,10+/m0/s1. The summed E-state index contributed by atoms with van der Waals surface area (Å²) in [6.45, 7) is -2.10. The minimum Gasteiger partial charge on any atom is -0.480 e. The Balaban J connectivity index is 5.25. The van der Waals surface area contributed by atoms with Crippen molar-refractivity contribution in [1.29, 1.82) is 0 Å². The Kier molecular flexibility index (Phi) is 9.61. The van der Waals surface area contributed by atoms with E-state index in [0.29, 0.717) is 0 Å². The summed E-state index contributed by atoms with van der Waals surface area (Å²) in [5, 5.41) is 73.0. The molecule has 0 radical (unpaired) electrons. The number of aliphatic carboxylic acids is 1. The molecule has 7 atom stereocenters. The lowest BCUT2D eigenvalue weighted by molar-refractivity contribution is -0.177. The maximum atomic E-state index is 11.7. The van der Waals surface area contributed by atoms with Gasteiger partial charge in [0.2, 0.25) is 0 Å². The molecule has 0 aromatic rings. The van der Waals surface area contributed by atoms with Crippen LogP contribution in [0.25, 0.3) is 0 Å². The fourth-order valence-electron chi connectivity index (χ4n) is 1.60. The summed E-state index contributed by atoms with van der Waals surface area (Å²) in [6.07, 6.45) is -13.1. The number of rotatable bonds is 11. The molecule has 0 spiro atoms. The zero-order valence-electron chi connectivity index (χ0n) is 12.7. The number of carbonyl (C=O) groups is 3. The normalized spacial score (nSPS) is 19.8. The van der Waals surface area contributed by atoms with Gasteiger partial charge in [0.05, 0.1) is 13.2 Å². The highest BCUT2D eigenvalue weighted by atomic mass is 16.6. The number of hydrogen-bond donors (Lipinski definition) is 9. The summed E-state index contributed by atoms with van der Waals surface area (Å²) in [7, 11) is 0. The smallest absolute Gasteiger partial charge is 0.377 e. The van der Waals surface area contributed by atoms with Gasteiger partial charge < -0.3 is 51.3 Å². The van der Waals surface area contributed by atoms with E-state index in [-0.39, 0.29) is 0 Å². The van der Waals surface area contributed by atoms with Gasteiger partial charge in [-0.1, -0.05) is 0 Å².